The van der Waals surface area contributed by atoms with Crippen molar-refractivity contribution in [3.8, 4) is 11.8 Å². The van der Waals surface area contributed by atoms with Crippen molar-refractivity contribution < 1.29 is 9.53 Å². The first kappa shape index (κ1) is 8.32. The van der Waals surface area contributed by atoms with Crippen molar-refractivity contribution in [2.45, 2.75) is 13.3 Å². The Hall–Kier alpha value is -0.680. The van der Waals surface area contributed by atoms with Crippen LogP contribution in [0.1, 0.15) is 13.3 Å². The Morgan fingerprint density at radius 1 is 1.78 bits per heavy atom. The standard InChI is InChI=1S/C6H7ClO2/c1-2-3-4-5-9-6(7)8/h4-5H2,1H3. The number of carbonyl (C=O) groups excluding carboxylic acids is 1. The average Bonchev–Trinajstić information content (AvgIpc) is 1.80. The molecule has 0 saturated heterocycles. The molecule has 9 heavy (non-hydrogen) atoms. The number of hydrogen-bond acceptors (Lipinski definition) is 2. The van der Waals surface area contributed by atoms with Crippen LogP contribution in [0.25, 0.3) is 0 Å². The first-order chi connectivity index (χ1) is 4.27. The lowest BCUT2D eigenvalue weighted by molar-refractivity contribution is 0.176. The van der Waals surface area contributed by atoms with Crippen LogP contribution in [-0.2, 0) is 4.74 Å². The molecule has 0 radical (unpaired) electrons. The van der Waals surface area contributed by atoms with Gasteiger partial charge in [0.15, 0.2) is 0 Å². The van der Waals surface area contributed by atoms with E-state index < -0.39 is 5.43 Å². The van der Waals surface area contributed by atoms with E-state index in [1.54, 1.807) is 6.92 Å². The zero-order valence-corrected chi connectivity index (χ0v) is 5.86. The summed E-state index contributed by atoms with van der Waals surface area (Å²) in [5.41, 5.74) is -0.770. The Kier molecular flexibility index (Phi) is 5.04. The van der Waals surface area contributed by atoms with Gasteiger partial charge in [0, 0.05) is 18.0 Å². The summed E-state index contributed by atoms with van der Waals surface area (Å²) in [5.74, 6) is 5.37. The molecular weight excluding hydrogens is 140 g/mol. The Labute approximate surface area is 59.1 Å². The molecule has 0 aromatic rings. The second-order valence-electron chi connectivity index (χ2n) is 1.26. The fourth-order valence-corrected chi connectivity index (χ4v) is 0.384. The van der Waals surface area contributed by atoms with E-state index in [2.05, 4.69) is 16.6 Å². The van der Waals surface area contributed by atoms with Crippen LogP contribution in [0.2, 0.25) is 0 Å². The third-order valence-electron chi connectivity index (χ3n) is 0.619. The van der Waals surface area contributed by atoms with Gasteiger partial charge < -0.3 is 4.74 Å². The quantitative estimate of drug-likeness (QED) is 0.337. The molecule has 0 aliphatic rings. The predicted molar refractivity (Wildman–Crippen MR) is 35.3 cm³/mol. The van der Waals surface area contributed by atoms with Gasteiger partial charge in [-0.2, -0.15) is 0 Å². The normalized spacial score (nSPS) is 7.33. The van der Waals surface area contributed by atoms with E-state index >= 15 is 0 Å². The van der Waals surface area contributed by atoms with Crippen molar-refractivity contribution in [2.75, 3.05) is 6.61 Å². The van der Waals surface area contributed by atoms with Gasteiger partial charge in [0.05, 0.1) is 0 Å². The molecule has 0 fully saturated rings. The predicted octanol–water partition coefficient (Wildman–Crippen LogP) is 1.78. The Morgan fingerprint density at radius 3 is 2.89 bits per heavy atom. The van der Waals surface area contributed by atoms with Crippen LogP contribution in [0, 0.1) is 11.8 Å². The summed E-state index contributed by atoms with van der Waals surface area (Å²) in [5, 5.41) is 0. The van der Waals surface area contributed by atoms with Crippen LogP contribution >= 0.6 is 11.6 Å². The first-order valence-electron chi connectivity index (χ1n) is 2.49. The van der Waals surface area contributed by atoms with Crippen LogP contribution in [0.5, 0.6) is 0 Å². The summed E-state index contributed by atoms with van der Waals surface area (Å²) in [6, 6.07) is 0. The van der Waals surface area contributed by atoms with Crippen molar-refractivity contribution >= 4 is 17.0 Å². The summed E-state index contributed by atoms with van der Waals surface area (Å²) < 4.78 is 4.37. The SMILES string of the molecule is CC#CCCOC(=O)Cl. The molecule has 0 unspecified atom stereocenters. The molecule has 0 aliphatic carbocycles. The van der Waals surface area contributed by atoms with Crippen molar-refractivity contribution in [3.63, 3.8) is 0 Å². The first-order valence-corrected chi connectivity index (χ1v) is 2.87. The molecule has 0 aromatic heterocycles. The smallest absolute Gasteiger partial charge is 0.403 e. The molecule has 0 bridgehead atoms. The van der Waals surface area contributed by atoms with E-state index in [0.29, 0.717) is 6.42 Å². The molecule has 0 atom stereocenters. The fraction of sp³-hybridized carbons (Fsp3) is 0.500. The topological polar surface area (TPSA) is 26.3 Å². The van der Waals surface area contributed by atoms with Gasteiger partial charge in [-0.3, -0.25) is 0 Å². The lowest BCUT2D eigenvalue weighted by Gasteiger charge is -1.91. The highest BCUT2D eigenvalue weighted by atomic mass is 35.5. The van der Waals surface area contributed by atoms with E-state index in [9.17, 15) is 4.79 Å². The highest BCUT2D eigenvalue weighted by molar-refractivity contribution is 6.61. The summed E-state index contributed by atoms with van der Waals surface area (Å²) in [6.07, 6.45) is 0.551. The molecular formula is C6H7ClO2. The molecule has 0 spiro atoms. The number of halogens is 1. The minimum absolute atomic E-state index is 0.281. The van der Waals surface area contributed by atoms with E-state index in [-0.39, 0.29) is 6.61 Å². The van der Waals surface area contributed by atoms with Crippen LogP contribution in [0.4, 0.5) is 4.79 Å². The largest absolute Gasteiger partial charge is 0.453 e. The molecule has 0 rings (SSSR count). The lowest BCUT2D eigenvalue weighted by Crippen LogP contribution is -1.94. The molecule has 2 nitrogen and oxygen atoms in total. The van der Waals surface area contributed by atoms with Crippen LogP contribution in [0.15, 0.2) is 0 Å². The lowest BCUT2D eigenvalue weighted by atomic mass is 10.4. The van der Waals surface area contributed by atoms with Crippen molar-refractivity contribution in [1.82, 2.24) is 0 Å². The van der Waals surface area contributed by atoms with Gasteiger partial charge in [-0.05, 0) is 6.92 Å². The summed E-state index contributed by atoms with van der Waals surface area (Å²) in [4.78, 5) is 9.90. The average molecular weight is 147 g/mol. The third-order valence-corrected chi connectivity index (χ3v) is 0.728. The molecule has 0 amide bonds. The maximum atomic E-state index is 9.90. The minimum atomic E-state index is -0.770. The van der Waals surface area contributed by atoms with E-state index in [4.69, 9.17) is 11.6 Å². The molecule has 0 heterocycles. The molecule has 0 saturated carbocycles. The van der Waals surface area contributed by atoms with Gasteiger partial charge in [-0.1, -0.05) is 0 Å². The number of carbonyl (C=O) groups is 1. The number of ether oxygens (including phenoxy) is 1. The highest BCUT2D eigenvalue weighted by Crippen LogP contribution is 1.87. The minimum Gasteiger partial charge on any atom is -0.453 e. The monoisotopic (exact) mass is 146 g/mol. The zero-order chi connectivity index (χ0) is 7.11. The molecule has 0 aliphatic heterocycles. The summed E-state index contributed by atoms with van der Waals surface area (Å²) in [6.45, 7) is 2.01. The maximum absolute atomic E-state index is 9.90. The molecule has 0 N–H and O–H groups in total. The Morgan fingerprint density at radius 2 is 2.44 bits per heavy atom. The molecule has 0 aromatic carbocycles. The summed E-state index contributed by atoms with van der Waals surface area (Å²) >= 11 is 4.85. The third kappa shape index (κ3) is 7.32. The zero-order valence-electron chi connectivity index (χ0n) is 5.11. The van der Waals surface area contributed by atoms with Gasteiger partial charge >= 0.3 is 5.43 Å². The van der Waals surface area contributed by atoms with Gasteiger partial charge in [0.1, 0.15) is 6.61 Å². The molecule has 3 heteroatoms. The second-order valence-corrected chi connectivity index (χ2v) is 1.57. The Balaban J connectivity index is 3.07. The number of hydrogen-bond donors (Lipinski definition) is 0. The van der Waals surface area contributed by atoms with E-state index in [0.717, 1.165) is 0 Å². The van der Waals surface area contributed by atoms with Gasteiger partial charge in [-0.15, -0.1) is 11.8 Å². The second kappa shape index (κ2) is 5.46. The Bertz CT molecular complexity index is 143. The van der Waals surface area contributed by atoms with Gasteiger partial charge in [0.25, 0.3) is 0 Å². The number of rotatable bonds is 2. The van der Waals surface area contributed by atoms with Crippen LogP contribution in [0.3, 0.4) is 0 Å². The van der Waals surface area contributed by atoms with Crippen molar-refractivity contribution in [1.29, 1.82) is 0 Å². The summed E-state index contributed by atoms with van der Waals surface area (Å²) in [7, 11) is 0. The van der Waals surface area contributed by atoms with Crippen LogP contribution < -0.4 is 0 Å². The maximum Gasteiger partial charge on any atom is 0.403 e. The van der Waals surface area contributed by atoms with Crippen LogP contribution in [-0.4, -0.2) is 12.0 Å². The van der Waals surface area contributed by atoms with Crippen molar-refractivity contribution in [3.05, 3.63) is 0 Å². The highest BCUT2D eigenvalue weighted by Gasteiger charge is 1.90. The molecule has 50 valence electrons. The fourth-order valence-electron chi connectivity index (χ4n) is 0.307. The van der Waals surface area contributed by atoms with E-state index in [1.165, 1.54) is 0 Å². The van der Waals surface area contributed by atoms with Crippen molar-refractivity contribution in [2.24, 2.45) is 0 Å². The van der Waals surface area contributed by atoms with Gasteiger partial charge in [-0.25, -0.2) is 4.79 Å². The van der Waals surface area contributed by atoms with E-state index in [1.807, 2.05) is 0 Å². The van der Waals surface area contributed by atoms with Gasteiger partial charge in [0.2, 0.25) is 0 Å².